The molecule has 0 N–H and O–H groups in total. The topological polar surface area (TPSA) is 80.7 Å². The molecule has 0 bridgehead atoms. The molecule has 0 saturated carbocycles. The Morgan fingerprint density at radius 1 is 1.17 bits per heavy atom. The number of pyridine rings is 1. The van der Waals surface area contributed by atoms with Crippen molar-refractivity contribution in [1.82, 2.24) is 15.2 Å². The zero-order valence-corrected chi connectivity index (χ0v) is 22.9. The van der Waals surface area contributed by atoms with Gasteiger partial charge in [0.25, 0.3) is 0 Å². The van der Waals surface area contributed by atoms with Crippen molar-refractivity contribution < 1.29 is 14.3 Å². The van der Waals surface area contributed by atoms with Crippen LogP contribution in [0, 0.1) is 0 Å². The molecule has 36 heavy (non-hydrogen) atoms. The van der Waals surface area contributed by atoms with Gasteiger partial charge in [-0.25, -0.2) is 9.78 Å². The number of hydrogen-bond donors (Lipinski definition) is 0. The molecule has 8 nitrogen and oxygen atoms in total. The van der Waals surface area contributed by atoms with Crippen LogP contribution in [-0.2, 0) is 28.2 Å². The van der Waals surface area contributed by atoms with Gasteiger partial charge in [0.1, 0.15) is 16.4 Å². The van der Waals surface area contributed by atoms with Crippen LogP contribution < -0.4 is 9.80 Å². The van der Waals surface area contributed by atoms with Gasteiger partial charge in [-0.05, 0) is 38.8 Å². The number of nitrogens with zero attached hydrogens (tertiary/aromatic N) is 5. The molecule has 1 amide bonds. The van der Waals surface area contributed by atoms with E-state index in [0.29, 0.717) is 31.3 Å². The lowest BCUT2D eigenvalue weighted by Crippen LogP contribution is -2.38. The number of rotatable bonds is 8. The Labute approximate surface area is 221 Å². The predicted molar refractivity (Wildman–Crippen MR) is 145 cm³/mol. The molecule has 1 aliphatic heterocycles. The van der Waals surface area contributed by atoms with E-state index < -0.39 is 11.7 Å². The fraction of sp³-hybridized carbons (Fsp3) is 0.462. The van der Waals surface area contributed by atoms with Crippen LogP contribution >= 0.6 is 23.1 Å². The van der Waals surface area contributed by atoms with Crippen LogP contribution in [0.2, 0.25) is 0 Å². The first-order valence-electron chi connectivity index (χ1n) is 12.1. The summed E-state index contributed by atoms with van der Waals surface area (Å²) in [7, 11) is 0. The summed E-state index contributed by atoms with van der Waals surface area (Å²) in [6, 6.07) is 14.0. The maximum absolute atomic E-state index is 13.4. The van der Waals surface area contributed by atoms with Crippen molar-refractivity contribution in [2.45, 2.75) is 56.4 Å². The number of benzene rings is 1. The number of aromatic nitrogens is 3. The molecule has 4 rings (SSSR count). The Bertz CT molecular complexity index is 1140. The van der Waals surface area contributed by atoms with Gasteiger partial charge in [0, 0.05) is 30.6 Å². The van der Waals surface area contributed by atoms with Crippen molar-refractivity contribution in [2.24, 2.45) is 0 Å². The Balaban J connectivity index is 1.68. The maximum Gasteiger partial charge on any atom is 0.416 e. The molecule has 3 aromatic rings. The van der Waals surface area contributed by atoms with Gasteiger partial charge in [-0.3, -0.25) is 4.90 Å². The van der Waals surface area contributed by atoms with Gasteiger partial charge >= 0.3 is 6.09 Å². The fourth-order valence-electron chi connectivity index (χ4n) is 3.67. The number of thioether (sulfide) groups is 1. The first-order valence-corrected chi connectivity index (χ1v) is 13.9. The highest BCUT2D eigenvalue weighted by molar-refractivity contribution is 8.00. The normalized spacial score (nSPS) is 14.1. The first kappa shape index (κ1) is 26.4. The summed E-state index contributed by atoms with van der Waals surface area (Å²) in [5, 5.41) is 9.53. The van der Waals surface area contributed by atoms with Crippen molar-refractivity contribution >= 4 is 40.7 Å². The number of hydrogen-bond acceptors (Lipinski definition) is 9. The van der Waals surface area contributed by atoms with E-state index in [2.05, 4.69) is 28.1 Å². The summed E-state index contributed by atoms with van der Waals surface area (Å²) < 4.78 is 12.3. The molecule has 1 aromatic carbocycles. The summed E-state index contributed by atoms with van der Waals surface area (Å²) >= 11 is 3.22. The van der Waals surface area contributed by atoms with E-state index in [9.17, 15) is 4.79 Å². The molecule has 0 atom stereocenters. The van der Waals surface area contributed by atoms with Crippen LogP contribution in [0.15, 0.2) is 46.8 Å². The Kier molecular flexibility index (Phi) is 8.81. The highest BCUT2D eigenvalue weighted by atomic mass is 32.2. The second-order valence-corrected chi connectivity index (χ2v) is 11.7. The zero-order chi connectivity index (χ0) is 25.5. The molecule has 10 heteroatoms. The third-order valence-corrected chi connectivity index (χ3v) is 7.63. The molecule has 3 heterocycles. The van der Waals surface area contributed by atoms with Crippen molar-refractivity contribution in [3.63, 3.8) is 0 Å². The van der Waals surface area contributed by atoms with Gasteiger partial charge in [0.15, 0.2) is 4.34 Å². The van der Waals surface area contributed by atoms with Gasteiger partial charge in [0.05, 0.1) is 25.5 Å². The van der Waals surface area contributed by atoms with E-state index in [1.165, 1.54) is 0 Å². The molecule has 1 saturated heterocycles. The van der Waals surface area contributed by atoms with Crippen LogP contribution in [0.5, 0.6) is 0 Å². The minimum atomic E-state index is -0.624. The second kappa shape index (κ2) is 12.0. The van der Waals surface area contributed by atoms with Crippen LogP contribution in [0.4, 0.5) is 16.3 Å². The van der Waals surface area contributed by atoms with E-state index in [1.54, 1.807) is 28.0 Å². The number of carbonyl (C=O) groups excluding carboxylic acids is 1. The standard InChI is InChI=1S/C26H33N5O3S2/c1-5-23-28-29-24(36-23)35-18-20-15-21(30-11-13-33-14-12-30)16-22(27-20)31(25(32)34-26(2,3)4)17-19-9-7-6-8-10-19/h6-10,15-16H,5,11-14,17-18H2,1-4H3. The summed E-state index contributed by atoms with van der Waals surface area (Å²) in [6.07, 6.45) is 0.450. The smallest absolute Gasteiger partial charge is 0.416 e. The van der Waals surface area contributed by atoms with E-state index in [4.69, 9.17) is 14.5 Å². The molecule has 192 valence electrons. The average molecular weight is 528 g/mol. The molecule has 1 aliphatic rings. The number of amides is 1. The van der Waals surface area contributed by atoms with Crippen LogP contribution in [-0.4, -0.2) is 53.2 Å². The number of morpholine rings is 1. The molecule has 0 spiro atoms. The molecule has 0 aliphatic carbocycles. The molecule has 0 radical (unpaired) electrons. The maximum atomic E-state index is 13.4. The molecule has 1 fully saturated rings. The summed E-state index contributed by atoms with van der Waals surface area (Å²) in [6.45, 7) is 11.0. The lowest BCUT2D eigenvalue weighted by atomic mass is 10.2. The summed E-state index contributed by atoms with van der Waals surface area (Å²) in [4.78, 5) is 22.2. The molecular formula is C26H33N5O3S2. The van der Waals surface area contributed by atoms with Crippen molar-refractivity contribution in [3.05, 3.63) is 58.7 Å². The lowest BCUT2D eigenvalue weighted by Gasteiger charge is -2.31. The molecular weight excluding hydrogens is 494 g/mol. The number of ether oxygens (including phenoxy) is 2. The summed E-state index contributed by atoms with van der Waals surface area (Å²) in [5.41, 5.74) is 2.26. The third kappa shape index (κ3) is 7.41. The SMILES string of the molecule is CCc1nnc(SCc2cc(N3CCOCC3)cc(N(Cc3ccccc3)C(=O)OC(C)(C)C)n2)s1. The average Bonchev–Trinajstić information content (AvgIpc) is 3.34. The van der Waals surface area contributed by atoms with Crippen LogP contribution in [0.1, 0.15) is 44.0 Å². The second-order valence-electron chi connectivity index (χ2n) is 9.43. The number of anilines is 2. The predicted octanol–water partition coefficient (Wildman–Crippen LogP) is 5.57. The number of aryl methyl sites for hydroxylation is 1. The van der Waals surface area contributed by atoms with E-state index >= 15 is 0 Å². The van der Waals surface area contributed by atoms with Crippen molar-refractivity contribution in [2.75, 3.05) is 36.1 Å². The monoisotopic (exact) mass is 527 g/mol. The largest absolute Gasteiger partial charge is 0.443 e. The van der Waals surface area contributed by atoms with Crippen LogP contribution in [0.3, 0.4) is 0 Å². The van der Waals surface area contributed by atoms with E-state index in [1.807, 2.05) is 57.2 Å². The Hall–Kier alpha value is -2.69. The first-order chi connectivity index (χ1) is 17.3. The highest BCUT2D eigenvalue weighted by Crippen LogP contribution is 2.30. The highest BCUT2D eigenvalue weighted by Gasteiger charge is 2.26. The van der Waals surface area contributed by atoms with Gasteiger partial charge in [-0.2, -0.15) is 0 Å². The quantitative estimate of drug-likeness (QED) is 0.352. The van der Waals surface area contributed by atoms with Crippen LogP contribution in [0.25, 0.3) is 0 Å². The Morgan fingerprint density at radius 2 is 1.92 bits per heavy atom. The van der Waals surface area contributed by atoms with Crippen molar-refractivity contribution in [3.8, 4) is 0 Å². The van der Waals surface area contributed by atoms with E-state index in [-0.39, 0.29) is 0 Å². The van der Waals surface area contributed by atoms with Gasteiger partial charge in [-0.15, -0.1) is 10.2 Å². The van der Waals surface area contributed by atoms with Gasteiger partial charge in [0.2, 0.25) is 0 Å². The van der Waals surface area contributed by atoms with Crippen molar-refractivity contribution in [1.29, 1.82) is 0 Å². The van der Waals surface area contributed by atoms with Gasteiger partial charge in [-0.1, -0.05) is 60.4 Å². The summed E-state index contributed by atoms with van der Waals surface area (Å²) in [5.74, 6) is 1.19. The van der Waals surface area contributed by atoms with Gasteiger partial charge < -0.3 is 14.4 Å². The van der Waals surface area contributed by atoms with E-state index in [0.717, 1.165) is 45.8 Å². The minimum absolute atomic E-state index is 0.359. The minimum Gasteiger partial charge on any atom is -0.443 e. The lowest BCUT2D eigenvalue weighted by molar-refractivity contribution is 0.0576. The molecule has 2 aromatic heterocycles. The third-order valence-electron chi connectivity index (χ3n) is 5.39. The zero-order valence-electron chi connectivity index (χ0n) is 21.3. The molecule has 0 unspecified atom stereocenters. The fourth-order valence-corrected chi connectivity index (χ4v) is 5.40. The number of carbonyl (C=O) groups is 1. The Morgan fingerprint density at radius 3 is 2.58 bits per heavy atom.